The van der Waals surface area contributed by atoms with Crippen LogP contribution < -0.4 is 6.13 Å². The van der Waals surface area contributed by atoms with Crippen molar-refractivity contribution in [3.8, 4) is 11.5 Å². The summed E-state index contributed by atoms with van der Waals surface area (Å²) in [4.78, 5) is 0. The molecule has 0 atom stereocenters. The van der Waals surface area contributed by atoms with E-state index in [0.29, 0.717) is 0 Å². The van der Waals surface area contributed by atoms with E-state index < -0.39 is 0 Å². The molecule has 0 spiro atoms. The highest BCUT2D eigenvalue weighted by Gasteiger charge is 2.05. The van der Waals surface area contributed by atoms with Gasteiger partial charge >= 0.3 is 0 Å². The van der Waals surface area contributed by atoms with Gasteiger partial charge in [0, 0.05) is 0 Å². The topological polar surface area (TPSA) is 18.5 Å². The Morgan fingerprint density at radius 2 is 1.45 bits per heavy atom. The minimum absolute atomic E-state index is 0.834. The molecule has 0 aromatic heterocycles. The Labute approximate surface area is 107 Å². The van der Waals surface area contributed by atoms with Gasteiger partial charge in [0.1, 0.15) is 0 Å². The third-order valence-electron chi connectivity index (χ3n) is 1.09. The van der Waals surface area contributed by atoms with Gasteiger partial charge in [0.25, 0.3) is 0 Å². The molecule has 0 amide bonds. The number of benzene rings is 1. The van der Waals surface area contributed by atoms with Crippen molar-refractivity contribution in [2.24, 2.45) is 0 Å². The van der Waals surface area contributed by atoms with Crippen LogP contribution in [0.2, 0.25) is 0 Å². The fourth-order valence-electron chi connectivity index (χ4n) is 0.610. The fraction of sp³-hybridized carbons (Fsp3) is 0. The van der Waals surface area contributed by atoms with E-state index in [-0.39, 0.29) is 0 Å². The van der Waals surface area contributed by atoms with E-state index in [2.05, 4.69) is 22.6 Å². The van der Waals surface area contributed by atoms with Crippen LogP contribution in [0.1, 0.15) is 0 Å². The zero-order chi connectivity index (χ0) is 8.27. The fourth-order valence-corrected chi connectivity index (χ4v) is 2.77. The number of rotatable bonds is 2. The Balaban J connectivity index is 3.10. The highest BCUT2D eigenvalue weighted by Crippen LogP contribution is 2.31. The lowest BCUT2D eigenvalue weighted by molar-refractivity contribution is 0.675. The lowest BCUT2D eigenvalue weighted by atomic mass is 10.3. The second-order valence-corrected chi connectivity index (χ2v) is 3.68. The van der Waals surface area contributed by atoms with Crippen molar-refractivity contribution in [3.63, 3.8) is 0 Å². The Hall–Kier alpha value is 1.01. The van der Waals surface area contributed by atoms with Crippen molar-refractivity contribution in [2.75, 3.05) is 0 Å². The minimum Gasteiger partial charge on any atom is -0.426 e. The molecule has 0 aliphatic heterocycles. The zero-order valence-corrected chi connectivity index (χ0v) is 11.7. The van der Waals surface area contributed by atoms with Crippen molar-refractivity contribution in [3.05, 3.63) is 21.8 Å². The summed E-state index contributed by atoms with van der Waals surface area (Å²) in [6.45, 7) is 0. The van der Waals surface area contributed by atoms with Crippen molar-refractivity contribution in [1.82, 2.24) is 0 Å². The molecule has 0 N–H and O–H groups in total. The van der Waals surface area contributed by atoms with Crippen LogP contribution in [0.4, 0.5) is 0 Å². The van der Waals surface area contributed by atoms with Crippen LogP contribution in [0.15, 0.2) is 18.2 Å². The zero-order valence-electron chi connectivity index (χ0n) is 5.18. The summed E-state index contributed by atoms with van der Waals surface area (Å²) in [5, 5.41) is 0. The molecule has 0 aliphatic rings. The Morgan fingerprint density at radius 3 is 1.82 bits per heavy atom. The Bertz CT molecular complexity index is 229. The van der Waals surface area contributed by atoms with Gasteiger partial charge in [0.05, 0.1) is 3.57 Å². The van der Waals surface area contributed by atoms with Crippen LogP contribution in [0, 0.1) is 3.57 Å². The second-order valence-electron chi connectivity index (χ2n) is 1.72. The molecular formula is C6H3I3O2. The summed E-state index contributed by atoms with van der Waals surface area (Å²) in [5.74, 6) is 1.67. The van der Waals surface area contributed by atoms with Gasteiger partial charge in [-0.15, -0.1) is 0 Å². The first-order valence-corrected chi connectivity index (χ1v) is 5.49. The van der Waals surface area contributed by atoms with Crippen molar-refractivity contribution in [1.29, 1.82) is 0 Å². The van der Waals surface area contributed by atoms with Gasteiger partial charge in [-0.05, 0) is 34.7 Å². The minimum atomic E-state index is 0.834. The van der Waals surface area contributed by atoms with Gasteiger partial charge < -0.3 is 6.13 Å². The van der Waals surface area contributed by atoms with Crippen LogP contribution in [0.3, 0.4) is 0 Å². The van der Waals surface area contributed by atoms with Crippen LogP contribution >= 0.6 is 68.6 Å². The summed E-state index contributed by atoms with van der Waals surface area (Å²) < 4.78 is 11.1. The third kappa shape index (κ3) is 2.47. The standard InChI is InChI=1S/C6H3I3O2/c7-6-4(10-8)2-1-3-5(6)11-9/h1-3H. The van der Waals surface area contributed by atoms with Crippen LogP contribution in [0.5, 0.6) is 11.5 Å². The molecule has 1 rings (SSSR count). The maximum Gasteiger partial charge on any atom is 0.192 e. The number of hydrogen-bond acceptors (Lipinski definition) is 2. The molecule has 0 saturated carbocycles. The summed E-state index contributed by atoms with van der Waals surface area (Å²) in [6.07, 6.45) is 0. The molecule has 0 aliphatic carbocycles. The molecule has 0 fully saturated rings. The molecule has 0 bridgehead atoms. The van der Waals surface area contributed by atoms with Gasteiger partial charge in [-0.25, -0.2) is 0 Å². The van der Waals surface area contributed by atoms with Gasteiger partial charge in [-0.1, -0.05) is 6.07 Å². The highest BCUT2D eigenvalue weighted by molar-refractivity contribution is 14.1. The van der Waals surface area contributed by atoms with Crippen LogP contribution in [0.25, 0.3) is 0 Å². The van der Waals surface area contributed by atoms with Crippen LogP contribution in [-0.2, 0) is 0 Å². The molecule has 11 heavy (non-hydrogen) atoms. The molecule has 60 valence electrons. The summed E-state index contributed by atoms with van der Waals surface area (Å²) in [6, 6.07) is 5.69. The summed E-state index contributed by atoms with van der Waals surface area (Å²) >= 11 is 5.88. The van der Waals surface area contributed by atoms with Crippen LogP contribution in [-0.4, -0.2) is 0 Å². The quantitative estimate of drug-likeness (QED) is 0.592. The molecule has 2 nitrogen and oxygen atoms in total. The van der Waals surface area contributed by atoms with E-state index in [9.17, 15) is 0 Å². The molecule has 5 heteroatoms. The van der Waals surface area contributed by atoms with Gasteiger partial charge in [-0.2, -0.15) is 0 Å². The highest BCUT2D eigenvalue weighted by atomic mass is 127. The average Bonchev–Trinajstić information content (AvgIpc) is 2.05. The molecule has 1 aromatic carbocycles. The predicted molar refractivity (Wildman–Crippen MR) is 68.5 cm³/mol. The van der Waals surface area contributed by atoms with E-state index in [1.165, 1.54) is 0 Å². The lowest BCUT2D eigenvalue weighted by Crippen LogP contribution is -1.83. The Kier molecular flexibility index (Phi) is 4.49. The van der Waals surface area contributed by atoms with E-state index in [1.807, 2.05) is 64.2 Å². The molecule has 0 saturated heterocycles. The first-order chi connectivity index (χ1) is 5.29. The molecule has 0 heterocycles. The van der Waals surface area contributed by atoms with Crippen molar-refractivity contribution >= 4 is 68.6 Å². The maximum absolute atomic E-state index is 5.07. The first kappa shape index (κ1) is 10.1. The largest absolute Gasteiger partial charge is 0.426 e. The van der Waals surface area contributed by atoms with Crippen molar-refractivity contribution < 1.29 is 6.13 Å². The monoisotopic (exact) mass is 488 g/mol. The molecule has 0 radical (unpaired) electrons. The molecule has 0 unspecified atom stereocenters. The van der Waals surface area contributed by atoms with Gasteiger partial charge in [-0.3, -0.25) is 0 Å². The SMILES string of the molecule is IOc1cccc(OI)c1I. The third-order valence-corrected chi connectivity index (χ3v) is 3.11. The molecular weight excluding hydrogens is 485 g/mol. The number of hydrogen-bond donors (Lipinski definition) is 0. The first-order valence-electron chi connectivity index (χ1n) is 2.65. The summed E-state index contributed by atoms with van der Waals surface area (Å²) in [5.41, 5.74) is 0. The second kappa shape index (κ2) is 4.90. The number of halogens is 3. The predicted octanol–water partition coefficient (Wildman–Crippen LogP) is 3.75. The van der Waals surface area contributed by atoms with E-state index in [0.717, 1.165) is 15.1 Å². The smallest absolute Gasteiger partial charge is 0.192 e. The maximum atomic E-state index is 5.07. The Morgan fingerprint density at radius 1 is 1.00 bits per heavy atom. The van der Waals surface area contributed by atoms with Crippen molar-refractivity contribution in [2.45, 2.75) is 0 Å². The average molecular weight is 488 g/mol. The van der Waals surface area contributed by atoms with Gasteiger partial charge in [0.15, 0.2) is 57.5 Å². The lowest BCUT2D eigenvalue weighted by Gasteiger charge is -2.03. The van der Waals surface area contributed by atoms with E-state index >= 15 is 0 Å². The van der Waals surface area contributed by atoms with Gasteiger partial charge in [0.2, 0.25) is 0 Å². The normalized spacial score (nSPS) is 9.36. The van der Waals surface area contributed by atoms with E-state index in [1.54, 1.807) is 0 Å². The van der Waals surface area contributed by atoms with E-state index in [4.69, 9.17) is 6.13 Å². The summed E-state index contributed by atoms with van der Waals surface area (Å²) in [7, 11) is 0. The molecule has 1 aromatic rings.